The predicted octanol–water partition coefficient (Wildman–Crippen LogP) is 1.78. The van der Waals surface area contributed by atoms with Gasteiger partial charge in [-0.05, 0) is 31.5 Å². The Kier molecular flexibility index (Phi) is 6.63. The predicted molar refractivity (Wildman–Crippen MR) is 83.5 cm³/mol. The van der Waals surface area contributed by atoms with Crippen LogP contribution in [0.25, 0.3) is 0 Å². The van der Waals surface area contributed by atoms with Crippen LogP contribution in [-0.2, 0) is 14.8 Å². The van der Waals surface area contributed by atoms with E-state index >= 15 is 0 Å². The summed E-state index contributed by atoms with van der Waals surface area (Å²) in [5.41, 5.74) is 0. The molecule has 0 aliphatic carbocycles. The van der Waals surface area contributed by atoms with Gasteiger partial charge in [0.05, 0.1) is 0 Å². The molecule has 0 aromatic heterocycles. The molecule has 118 valence electrons. The highest BCUT2D eigenvalue weighted by Crippen LogP contribution is 2.26. The summed E-state index contributed by atoms with van der Waals surface area (Å²) in [6.07, 6.45) is 1.83. The SMILES string of the molecule is CCCC(C)NC(=O)COc1ccc(Br)cc1S(N)(=O)=O. The largest absolute Gasteiger partial charge is 0.482 e. The highest BCUT2D eigenvalue weighted by Gasteiger charge is 2.17. The van der Waals surface area contributed by atoms with Crippen molar-refractivity contribution >= 4 is 31.9 Å². The second-order valence-corrected chi connectivity index (χ2v) is 7.13. The number of nitrogens with two attached hydrogens (primary N) is 1. The van der Waals surface area contributed by atoms with Gasteiger partial charge in [-0.3, -0.25) is 4.79 Å². The maximum Gasteiger partial charge on any atom is 0.258 e. The molecule has 8 heteroatoms. The number of sulfonamides is 1. The maximum atomic E-state index is 11.7. The fourth-order valence-electron chi connectivity index (χ4n) is 1.79. The van der Waals surface area contributed by atoms with Crippen LogP contribution in [0.1, 0.15) is 26.7 Å². The van der Waals surface area contributed by atoms with Crippen LogP contribution in [-0.4, -0.2) is 27.0 Å². The summed E-state index contributed by atoms with van der Waals surface area (Å²) >= 11 is 3.16. The minimum absolute atomic E-state index is 0.0497. The first-order chi connectivity index (χ1) is 9.74. The Morgan fingerprint density at radius 1 is 1.48 bits per heavy atom. The van der Waals surface area contributed by atoms with Gasteiger partial charge in [-0.2, -0.15) is 0 Å². The Hall–Kier alpha value is -1.12. The Bertz CT molecular complexity index is 604. The number of benzene rings is 1. The molecule has 0 saturated heterocycles. The first-order valence-electron chi connectivity index (χ1n) is 6.48. The van der Waals surface area contributed by atoms with Crippen molar-refractivity contribution in [2.75, 3.05) is 6.61 Å². The number of hydrogen-bond acceptors (Lipinski definition) is 4. The lowest BCUT2D eigenvalue weighted by Gasteiger charge is -2.14. The molecule has 1 unspecified atom stereocenters. The molecule has 0 aliphatic rings. The second kappa shape index (κ2) is 7.77. The van der Waals surface area contributed by atoms with Gasteiger partial charge in [0, 0.05) is 10.5 Å². The number of rotatable bonds is 7. The van der Waals surface area contributed by atoms with Crippen molar-refractivity contribution in [3.63, 3.8) is 0 Å². The van der Waals surface area contributed by atoms with E-state index in [9.17, 15) is 13.2 Å². The summed E-state index contributed by atoms with van der Waals surface area (Å²) < 4.78 is 28.8. The topological polar surface area (TPSA) is 98.5 Å². The molecule has 0 bridgehead atoms. The van der Waals surface area contributed by atoms with Gasteiger partial charge < -0.3 is 10.1 Å². The summed E-state index contributed by atoms with van der Waals surface area (Å²) in [5, 5.41) is 7.89. The lowest BCUT2D eigenvalue weighted by molar-refractivity contribution is -0.123. The fourth-order valence-corrected chi connectivity index (χ4v) is 3.00. The molecule has 0 aliphatic heterocycles. The van der Waals surface area contributed by atoms with Gasteiger partial charge in [0.25, 0.3) is 5.91 Å². The second-order valence-electron chi connectivity index (χ2n) is 4.68. The molecule has 1 rings (SSSR count). The smallest absolute Gasteiger partial charge is 0.258 e. The first kappa shape index (κ1) is 17.9. The van der Waals surface area contributed by atoms with Crippen molar-refractivity contribution in [2.45, 2.75) is 37.6 Å². The van der Waals surface area contributed by atoms with E-state index in [-0.39, 0.29) is 29.2 Å². The van der Waals surface area contributed by atoms with Crippen molar-refractivity contribution in [1.29, 1.82) is 0 Å². The van der Waals surface area contributed by atoms with E-state index in [0.717, 1.165) is 12.8 Å². The van der Waals surface area contributed by atoms with Gasteiger partial charge in [0.15, 0.2) is 6.61 Å². The molecular formula is C13H19BrN2O4S. The molecule has 0 fully saturated rings. The lowest BCUT2D eigenvalue weighted by Crippen LogP contribution is -2.36. The number of ether oxygens (including phenoxy) is 1. The number of hydrogen-bond donors (Lipinski definition) is 2. The normalized spacial score (nSPS) is 12.8. The molecule has 21 heavy (non-hydrogen) atoms. The Labute approximate surface area is 133 Å². The van der Waals surface area contributed by atoms with Crippen molar-refractivity contribution < 1.29 is 17.9 Å². The van der Waals surface area contributed by atoms with Crippen molar-refractivity contribution in [3.8, 4) is 5.75 Å². The third-order valence-electron chi connectivity index (χ3n) is 2.70. The standard InChI is InChI=1S/C13H19BrN2O4S/c1-3-4-9(2)16-13(17)8-20-11-6-5-10(14)7-12(11)21(15,18)19/h5-7,9H,3-4,8H2,1-2H3,(H,16,17)(H2,15,18,19). The average Bonchev–Trinajstić information content (AvgIpc) is 2.36. The van der Waals surface area contributed by atoms with E-state index in [1.165, 1.54) is 12.1 Å². The Balaban J connectivity index is 2.74. The number of halogens is 1. The van der Waals surface area contributed by atoms with E-state index in [1.54, 1.807) is 6.07 Å². The number of nitrogens with one attached hydrogen (secondary N) is 1. The van der Waals surface area contributed by atoms with Gasteiger partial charge in [-0.1, -0.05) is 29.3 Å². The number of carbonyl (C=O) groups is 1. The van der Waals surface area contributed by atoms with Crippen molar-refractivity contribution in [3.05, 3.63) is 22.7 Å². The third kappa shape index (κ3) is 6.03. The lowest BCUT2D eigenvalue weighted by atomic mass is 10.2. The van der Waals surface area contributed by atoms with Gasteiger partial charge >= 0.3 is 0 Å². The molecule has 3 N–H and O–H groups in total. The van der Waals surface area contributed by atoms with Crippen LogP contribution in [0.4, 0.5) is 0 Å². The van der Waals surface area contributed by atoms with Gasteiger partial charge in [-0.15, -0.1) is 0 Å². The molecule has 0 radical (unpaired) electrons. The summed E-state index contributed by atoms with van der Waals surface area (Å²) in [6, 6.07) is 4.45. The third-order valence-corrected chi connectivity index (χ3v) is 4.13. The summed E-state index contributed by atoms with van der Waals surface area (Å²) in [7, 11) is -3.92. The number of primary sulfonamides is 1. The monoisotopic (exact) mass is 378 g/mol. The van der Waals surface area contributed by atoms with Crippen LogP contribution in [0, 0.1) is 0 Å². The van der Waals surface area contributed by atoms with E-state index in [4.69, 9.17) is 9.88 Å². The average molecular weight is 379 g/mol. The summed E-state index contributed by atoms with van der Waals surface area (Å²) in [5.74, 6) is -0.252. The highest BCUT2D eigenvalue weighted by atomic mass is 79.9. The molecule has 0 saturated carbocycles. The van der Waals surface area contributed by atoms with Gasteiger partial charge in [0.1, 0.15) is 10.6 Å². The highest BCUT2D eigenvalue weighted by molar-refractivity contribution is 9.10. The van der Waals surface area contributed by atoms with Crippen molar-refractivity contribution in [1.82, 2.24) is 5.32 Å². The first-order valence-corrected chi connectivity index (χ1v) is 8.82. The molecule has 6 nitrogen and oxygen atoms in total. The van der Waals surface area contributed by atoms with Crippen molar-refractivity contribution in [2.24, 2.45) is 5.14 Å². The quantitative estimate of drug-likeness (QED) is 0.755. The molecule has 1 aromatic rings. The van der Waals surface area contributed by atoms with E-state index in [2.05, 4.69) is 21.2 Å². The Morgan fingerprint density at radius 2 is 2.14 bits per heavy atom. The molecular weight excluding hydrogens is 360 g/mol. The molecule has 1 amide bonds. The zero-order chi connectivity index (χ0) is 16.0. The van der Waals surface area contributed by atoms with E-state index < -0.39 is 10.0 Å². The number of amides is 1. The zero-order valence-electron chi connectivity index (χ0n) is 11.9. The minimum atomic E-state index is -3.92. The molecule has 1 atom stereocenters. The van der Waals surface area contributed by atoms with E-state index in [1.807, 2.05) is 13.8 Å². The zero-order valence-corrected chi connectivity index (χ0v) is 14.3. The van der Waals surface area contributed by atoms with Crippen LogP contribution in [0.3, 0.4) is 0 Å². The van der Waals surface area contributed by atoms with E-state index in [0.29, 0.717) is 4.47 Å². The van der Waals surface area contributed by atoms with Gasteiger partial charge in [-0.25, -0.2) is 13.6 Å². The molecule has 0 heterocycles. The van der Waals surface area contributed by atoms with Gasteiger partial charge in [0.2, 0.25) is 10.0 Å². The van der Waals surface area contributed by atoms with Crippen LogP contribution in [0.15, 0.2) is 27.6 Å². The van der Waals surface area contributed by atoms with Crippen LogP contribution < -0.4 is 15.2 Å². The summed E-state index contributed by atoms with van der Waals surface area (Å²) in [6.45, 7) is 3.66. The van der Waals surface area contributed by atoms with Crippen LogP contribution >= 0.6 is 15.9 Å². The van der Waals surface area contributed by atoms with Crippen LogP contribution in [0.5, 0.6) is 5.75 Å². The number of carbonyl (C=O) groups excluding carboxylic acids is 1. The molecule has 0 spiro atoms. The molecule has 1 aromatic carbocycles. The summed E-state index contributed by atoms with van der Waals surface area (Å²) in [4.78, 5) is 11.5. The Morgan fingerprint density at radius 3 is 2.71 bits per heavy atom. The maximum absolute atomic E-state index is 11.7. The van der Waals surface area contributed by atoms with Crippen LogP contribution in [0.2, 0.25) is 0 Å². The fraction of sp³-hybridized carbons (Fsp3) is 0.462. The minimum Gasteiger partial charge on any atom is -0.482 e.